The molecule has 4 heteroatoms. The minimum absolute atomic E-state index is 0.00230. The van der Waals surface area contributed by atoms with Crippen molar-refractivity contribution in [2.75, 3.05) is 0 Å². The van der Waals surface area contributed by atoms with E-state index < -0.39 is 0 Å². The summed E-state index contributed by atoms with van der Waals surface area (Å²) in [7, 11) is 0. The molecule has 110 valence electrons. The minimum Gasteiger partial charge on any atom is -0.316 e. The number of nitrogens with zero attached hydrogens (tertiary/aromatic N) is 1. The van der Waals surface area contributed by atoms with Crippen molar-refractivity contribution >= 4 is 33.3 Å². The molecule has 0 aliphatic heterocycles. The number of Topliss-reactive ketones (excluding diaryl/α,β-unsaturated/α-hetero) is 1. The van der Waals surface area contributed by atoms with E-state index in [9.17, 15) is 4.79 Å². The van der Waals surface area contributed by atoms with E-state index in [1.54, 1.807) is 0 Å². The van der Waals surface area contributed by atoms with Crippen molar-refractivity contribution in [1.82, 2.24) is 4.57 Å². The summed E-state index contributed by atoms with van der Waals surface area (Å²) in [6, 6.07) is 7.81. The summed E-state index contributed by atoms with van der Waals surface area (Å²) in [4.78, 5) is 12.4. The summed E-state index contributed by atoms with van der Waals surface area (Å²) >= 11 is 9.79. The van der Waals surface area contributed by atoms with E-state index in [2.05, 4.69) is 34.3 Å². The Morgan fingerprint density at radius 2 is 2.00 bits per heavy atom. The lowest BCUT2D eigenvalue weighted by Crippen LogP contribution is -2.27. The first-order chi connectivity index (χ1) is 9.80. The first kappa shape index (κ1) is 14.9. The van der Waals surface area contributed by atoms with Gasteiger partial charge < -0.3 is 4.57 Å². The van der Waals surface area contributed by atoms with Gasteiger partial charge in [0.25, 0.3) is 0 Å². The van der Waals surface area contributed by atoms with Crippen molar-refractivity contribution in [2.45, 2.75) is 33.6 Å². The number of ketones is 1. The van der Waals surface area contributed by atoms with Crippen LogP contribution in [-0.4, -0.2) is 10.4 Å². The van der Waals surface area contributed by atoms with E-state index >= 15 is 0 Å². The van der Waals surface area contributed by atoms with E-state index in [0.29, 0.717) is 11.4 Å². The quantitative estimate of drug-likeness (QED) is 0.666. The van der Waals surface area contributed by atoms with E-state index in [4.69, 9.17) is 11.6 Å². The Hall–Kier alpha value is -1.06. The molecule has 21 heavy (non-hydrogen) atoms. The number of hydrogen-bond acceptors (Lipinski definition) is 1. The Morgan fingerprint density at radius 3 is 2.71 bits per heavy atom. The highest BCUT2D eigenvalue weighted by Gasteiger charge is 2.34. The lowest BCUT2D eigenvalue weighted by atomic mass is 9.76. The molecule has 1 aliphatic rings. The fourth-order valence-corrected chi connectivity index (χ4v) is 3.76. The summed E-state index contributed by atoms with van der Waals surface area (Å²) in [6.07, 6.45) is 1.50. The normalized spacial score (nSPS) is 16.9. The van der Waals surface area contributed by atoms with E-state index in [1.807, 2.05) is 31.2 Å². The van der Waals surface area contributed by atoms with Gasteiger partial charge in [-0.1, -0.05) is 31.5 Å². The summed E-state index contributed by atoms with van der Waals surface area (Å²) in [5.74, 6) is 0.237. The van der Waals surface area contributed by atoms with Crippen LogP contribution in [0.5, 0.6) is 0 Å². The predicted octanol–water partition coefficient (Wildman–Crippen LogP) is 5.36. The Bertz CT molecular complexity index is 745. The Morgan fingerprint density at radius 1 is 1.29 bits per heavy atom. The first-order valence-electron chi connectivity index (χ1n) is 6.99. The predicted molar refractivity (Wildman–Crippen MR) is 89.6 cm³/mol. The van der Waals surface area contributed by atoms with Crippen LogP contribution >= 0.6 is 27.5 Å². The molecule has 0 atom stereocenters. The maximum atomic E-state index is 12.4. The summed E-state index contributed by atoms with van der Waals surface area (Å²) in [6.45, 7) is 6.33. The molecule has 0 saturated heterocycles. The van der Waals surface area contributed by atoms with E-state index in [1.165, 1.54) is 0 Å². The number of carbonyl (C=O) groups excluding carboxylic acids is 1. The highest BCUT2D eigenvalue weighted by atomic mass is 79.9. The molecular formula is C17H17BrClNO. The molecule has 1 aliphatic carbocycles. The third-order valence-electron chi connectivity index (χ3n) is 4.04. The van der Waals surface area contributed by atoms with Crippen molar-refractivity contribution in [3.05, 3.63) is 50.7 Å². The van der Waals surface area contributed by atoms with Gasteiger partial charge in [0.15, 0.2) is 5.78 Å². The molecular weight excluding hydrogens is 350 g/mol. The first-order valence-corrected chi connectivity index (χ1v) is 8.16. The Kier molecular flexibility index (Phi) is 3.53. The van der Waals surface area contributed by atoms with Gasteiger partial charge in [0.2, 0.25) is 0 Å². The Labute approximate surface area is 138 Å². The van der Waals surface area contributed by atoms with Crippen LogP contribution < -0.4 is 0 Å². The van der Waals surface area contributed by atoms with Gasteiger partial charge in [-0.15, -0.1) is 0 Å². The van der Waals surface area contributed by atoms with Gasteiger partial charge in [-0.3, -0.25) is 4.79 Å². The largest absolute Gasteiger partial charge is 0.316 e. The van der Waals surface area contributed by atoms with Crippen molar-refractivity contribution < 1.29 is 4.79 Å². The van der Waals surface area contributed by atoms with Crippen LogP contribution in [0.15, 0.2) is 28.7 Å². The molecule has 0 N–H and O–H groups in total. The van der Waals surface area contributed by atoms with E-state index in [0.717, 1.165) is 33.5 Å². The monoisotopic (exact) mass is 365 g/mol. The topological polar surface area (TPSA) is 22.0 Å². The number of aryl methyl sites for hydroxylation is 1. The number of halogens is 2. The number of benzene rings is 1. The van der Waals surface area contributed by atoms with Crippen LogP contribution in [-0.2, 0) is 6.42 Å². The SMILES string of the molecule is Cc1cc2c(n1-c1cccc(Cl)c1Br)CC(C)(C)CC2=O. The van der Waals surface area contributed by atoms with Gasteiger partial charge >= 0.3 is 0 Å². The van der Waals surface area contributed by atoms with Gasteiger partial charge in [-0.25, -0.2) is 0 Å². The molecule has 1 aromatic heterocycles. The van der Waals surface area contributed by atoms with Gasteiger partial charge in [0, 0.05) is 23.4 Å². The van der Waals surface area contributed by atoms with Gasteiger partial charge in [-0.05, 0) is 52.9 Å². The van der Waals surface area contributed by atoms with Crippen molar-refractivity contribution in [3.8, 4) is 5.69 Å². The van der Waals surface area contributed by atoms with Gasteiger partial charge in [0.05, 0.1) is 15.2 Å². The Balaban J connectivity index is 2.26. The highest BCUT2D eigenvalue weighted by molar-refractivity contribution is 9.10. The van der Waals surface area contributed by atoms with Crippen LogP contribution in [0.3, 0.4) is 0 Å². The zero-order valence-corrected chi connectivity index (χ0v) is 14.7. The second kappa shape index (κ2) is 4.99. The zero-order valence-electron chi connectivity index (χ0n) is 12.3. The molecule has 0 amide bonds. The lowest BCUT2D eigenvalue weighted by molar-refractivity contribution is 0.0911. The maximum absolute atomic E-state index is 12.4. The van der Waals surface area contributed by atoms with Crippen LogP contribution in [0.2, 0.25) is 5.02 Å². The molecule has 0 radical (unpaired) electrons. The number of rotatable bonds is 1. The number of hydrogen-bond donors (Lipinski definition) is 0. The third kappa shape index (κ3) is 2.47. The van der Waals surface area contributed by atoms with Gasteiger partial charge in [-0.2, -0.15) is 0 Å². The van der Waals surface area contributed by atoms with Crippen LogP contribution in [0.4, 0.5) is 0 Å². The summed E-state index contributed by atoms with van der Waals surface area (Å²) in [5.41, 5.74) is 4.01. The second-order valence-corrected chi connectivity index (χ2v) is 7.70. The molecule has 0 saturated carbocycles. The summed E-state index contributed by atoms with van der Waals surface area (Å²) < 4.78 is 3.02. The van der Waals surface area contributed by atoms with Crippen LogP contribution in [0.25, 0.3) is 5.69 Å². The average Bonchev–Trinajstić information content (AvgIpc) is 2.69. The molecule has 0 bridgehead atoms. The molecule has 0 spiro atoms. The van der Waals surface area contributed by atoms with E-state index in [-0.39, 0.29) is 11.2 Å². The molecule has 2 nitrogen and oxygen atoms in total. The number of aromatic nitrogens is 1. The standard InChI is InChI=1S/C17H17BrClNO/c1-10-7-11-14(8-17(2,3)9-15(11)21)20(10)13-6-4-5-12(19)16(13)18/h4-7H,8-9H2,1-3H3. The molecule has 1 aromatic carbocycles. The fraction of sp³-hybridized carbons (Fsp3) is 0.353. The molecule has 1 heterocycles. The van der Waals surface area contributed by atoms with Crippen LogP contribution in [0, 0.1) is 12.3 Å². The number of carbonyl (C=O) groups is 1. The average molecular weight is 367 g/mol. The third-order valence-corrected chi connectivity index (χ3v) is 5.42. The maximum Gasteiger partial charge on any atom is 0.165 e. The molecule has 0 fully saturated rings. The number of fused-ring (bicyclic) bond motifs is 1. The van der Waals surface area contributed by atoms with Crippen LogP contribution in [0.1, 0.15) is 42.0 Å². The summed E-state index contributed by atoms with van der Waals surface area (Å²) in [5, 5.41) is 0.677. The molecule has 2 aromatic rings. The lowest BCUT2D eigenvalue weighted by Gasteiger charge is -2.30. The molecule has 3 rings (SSSR count). The van der Waals surface area contributed by atoms with Crippen molar-refractivity contribution in [2.24, 2.45) is 5.41 Å². The van der Waals surface area contributed by atoms with Gasteiger partial charge in [0.1, 0.15) is 0 Å². The second-order valence-electron chi connectivity index (χ2n) is 6.50. The zero-order chi connectivity index (χ0) is 15.4. The highest BCUT2D eigenvalue weighted by Crippen LogP contribution is 2.39. The smallest absolute Gasteiger partial charge is 0.165 e. The van der Waals surface area contributed by atoms with Crippen molar-refractivity contribution in [1.29, 1.82) is 0 Å². The molecule has 0 unspecified atom stereocenters. The van der Waals surface area contributed by atoms with Crippen molar-refractivity contribution in [3.63, 3.8) is 0 Å². The fourth-order valence-electron chi connectivity index (χ4n) is 3.15. The minimum atomic E-state index is -0.00230.